The summed E-state index contributed by atoms with van der Waals surface area (Å²) in [5.41, 5.74) is 2.70. The van der Waals surface area contributed by atoms with Crippen LogP contribution in [0, 0.1) is 10.7 Å². The number of nitrogens with one attached hydrogen (secondary N) is 1. The fourth-order valence-electron chi connectivity index (χ4n) is 4.12. The molecule has 0 spiro atoms. The van der Waals surface area contributed by atoms with Gasteiger partial charge in [0.15, 0.2) is 4.77 Å². The highest BCUT2D eigenvalue weighted by Crippen LogP contribution is 2.53. The van der Waals surface area contributed by atoms with Crippen molar-refractivity contribution in [1.29, 1.82) is 0 Å². The molecule has 2 saturated carbocycles. The first-order chi connectivity index (χ1) is 11.0. The first-order valence-electron chi connectivity index (χ1n) is 8.35. The van der Waals surface area contributed by atoms with Crippen LogP contribution in [0.15, 0.2) is 18.2 Å². The second-order valence-corrected chi connectivity index (χ2v) is 7.66. The summed E-state index contributed by atoms with van der Waals surface area (Å²) >= 11 is 5.34. The Hall–Kier alpha value is -1.62. The van der Waals surface area contributed by atoms with Crippen molar-refractivity contribution in [1.82, 2.24) is 14.8 Å². The number of hydrogen-bond acceptors (Lipinski definition) is 3. The Bertz CT molecular complexity index is 797. The molecule has 2 aromatic rings. The zero-order chi connectivity index (χ0) is 16.2. The third-order valence-electron chi connectivity index (χ3n) is 5.47. The van der Waals surface area contributed by atoms with E-state index < -0.39 is 0 Å². The van der Waals surface area contributed by atoms with E-state index in [1.54, 1.807) is 7.11 Å². The van der Waals surface area contributed by atoms with Crippen LogP contribution in [0.5, 0.6) is 5.75 Å². The Morgan fingerprint density at radius 3 is 2.57 bits per heavy atom. The molecule has 0 atom stereocenters. The van der Waals surface area contributed by atoms with Gasteiger partial charge < -0.3 is 9.30 Å². The molecule has 0 unspecified atom stereocenters. The summed E-state index contributed by atoms with van der Waals surface area (Å²) in [6.07, 6.45) is 4.81. The van der Waals surface area contributed by atoms with Gasteiger partial charge in [0.1, 0.15) is 11.6 Å². The summed E-state index contributed by atoms with van der Waals surface area (Å²) in [5.74, 6) is 3.42. The average Bonchev–Trinajstić information content (AvgIpc) is 3.31. The Balaban J connectivity index is 1.86. The normalized spacial score (nSPS) is 26.8. The van der Waals surface area contributed by atoms with Crippen molar-refractivity contribution >= 4 is 12.2 Å². The summed E-state index contributed by atoms with van der Waals surface area (Å²) in [6.45, 7) is 2.31. The van der Waals surface area contributed by atoms with Crippen LogP contribution in [-0.2, 0) is 12.5 Å². The zero-order valence-electron chi connectivity index (χ0n) is 13.9. The number of ether oxygens (including phenoxy) is 1. The third kappa shape index (κ3) is 2.33. The van der Waals surface area contributed by atoms with Crippen LogP contribution in [0.4, 0.5) is 0 Å². The van der Waals surface area contributed by atoms with Crippen LogP contribution in [0.1, 0.15) is 55.5 Å². The summed E-state index contributed by atoms with van der Waals surface area (Å²) in [7, 11) is 3.76. The summed E-state index contributed by atoms with van der Waals surface area (Å²) < 4.78 is 8.29. The van der Waals surface area contributed by atoms with Gasteiger partial charge in [0, 0.05) is 7.05 Å². The molecule has 1 heterocycles. The second kappa shape index (κ2) is 5.20. The van der Waals surface area contributed by atoms with Gasteiger partial charge in [-0.3, -0.25) is 5.10 Å². The highest BCUT2D eigenvalue weighted by molar-refractivity contribution is 7.71. The molecule has 122 valence electrons. The Morgan fingerprint density at radius 2 is 2.04 bits per heavy atom. The minimum Gasteiger partial charge on any atom is -0.497 e. The van der Waals surface area contributed by atoms with Crippen LogP contribution < -0.4 is 4.74 Å². The smallest absolute Gasteiger partial charge is 0.194 e. The Kier molecular flexibility index (Phi) is 3.38. The molecular formula is C18H23N3OS. The molecule has 0 bridgehead atoms. The lowest BCUT2D eigenvalue weighted by Gasteiger charge is -2.46. The standard InChI is InChI=1S/C18H23N3OS/c1-11-9-18(10-11,16-19-20-17(23)21(16)2)14-6-13(12-4-5-12)7-15(8-14)22-3/h6-8,11-12H,4-5,9-10H2,1-3H3,(H,20,23). The number of nitrogens with zero attached hydrogens (tertiary/aromatic N) is 2. The molecule has 0 saturated heterocycles. The topological polar surface area (TPSA) is 42.8 Å². The molecule has 4 nitrogen and oxygen atoms in total. The number of rotatable bonds is 4. The lowest BCUT2D eigenvalue weighted by molar-refractivity contribution is 0.184. The number of methoxy groups -OCH3 is 1. The van der Waals surface area contributed by atoms with E-state index in [9.17, 15) is 0 Å². The van der Waals surface area contributed by atoms with Gasteiger partial charge in [0.05, 0.1) is 12.5 Å². The van der Waals surface area contributed by atoms with E-state index in [-0.39, 0.29) is 5.41 Å². The van der Waals surface area contributed by atoms with E-state index in [4.69, 9.17) is 17.0 Å². The van der Waals surface area contributed by atoms with Crippen molar-refractivity contribution in [2.24, 2.45) is 13.0 Å². The molecule has 2 aliphatic rings. The van der Waals surface area contributed by atoms with Crippen LogP contribution in [0.3, 0.4) is 0 Å². The molecule has 0 amide bonds. The number of benzene rings is 1. The van der Waals surface area contributed by atoms with Gasteiger partial charge in [-0.25, -0.2) is 0 Å². The van der Waals surface area contributed by atoms with Gasteiger partial charge in [-0.05, 0) is 73.0 Å². The predicted octanol–water partition coefficient (Wildman–Crippen LogP) is 4.08. The number of H-pyrrole nitrogens is 1. The minimum absolute atomic E-state index is 0.0418. The number of aromatic amines is 1. The molecular weight excluding hydrogens is 306 g/mol. The second-order valence-electron chi connectivity index (χ2n) is 7.28. The van der Waals surface area contributed by atoms with E-state index in [0.717, 1.165) is 24.4 Å². The van der Waals surface area contributed by atoms with E-state index in [1.807, 2.05) is 11.6 Å². The van der Waals surface area contributed by atoms with Crippen LogP contribution in [0.2, 0.25) is 0 Å². The van der Waals surface area contributed by atoms with Crippen molar-refractivity contribution in [3.63, 3.8) is 0 Å². The molecule has 2 fully saturated rings. The van der Waals surface area contributed by atoms with Gasteiger partial charge in [0.2, 0.25) is 0 Å². The third-order valence-corrected chi connectivity index (χ3v) is 5.83. The van der Waals surface area contributed by atoms with Gasteiger partial charge >= 0.3 is 0 Å². The first kappa shape index (κ1) is 14.9. The molecule has 23 heavy (non-hydrogen) atoms. The van der Waals surface area contributed by atoms with Gasteiger partial charge in [-0.15, -0.1) is 0 Å². The summed E-state index contributed by atoms with van der Waals surface area (Å²) in [4.78, 5) is 0. The number of hydrogen-bond donors (Lipinski definition) is 1. The molecule has 2 aliphatic carbocycles. The summed E-state index contributed by atoms with van der Waals surface area (Å²) in [6, 6.07) is 6.76. The maximum Gasteiger partial charge on any atom is 0.194 e. The summed E-state index contributed by atoms with van der Waals surface area (Å²) in [5, 5.41) is 7.53. The first-order valence-corrected chi connectivity index (χ1v) is 8.75. The fourth-order valence-corrected chi connectivity index (χ4v) is 4.25. The highest BCUT2D eigenvalue weighted by atomic mass is 32.1. The molecule has 1 aromatic heterocycles. The maximum atomic E-state index is 5.58. The van der Waals surface area contributed by atoms with E-state index in [0.29, 0.717) is 16.6 Å². The van der Waals surface area contributed by atoms with Gasteiger partial charge in [-0.2, -0.15) is 5.10 Å². The van der Waals surface area contributed by atoms with E-state index in [1.165, 1.54) is 24.0 Å². The highest BCUT2D eigenvalue weighted by Gasteiger charge is 2.48. The van der Waals surface area contributed by atoms with Gasteiger partial charge in [-0.1, -0.05) is 13.0 Å². The van der Waals surface area contributed by atoms with Crippen molar-refractivity contribution in [2.75, 3.05) is 7.11 Å². The van der Waals surface area contributed by atoms with Gasteiger partial charge in [0.25, 0.3) is 0 Å². The molecule has 1 N–H and O–H groups in total. The van der Waals surface area contributed by atoms with Crippen molar-refractivity contribution in [3.8, 4) is 5.75 Å². The largest absolute Gasteiger partial charge is 0.497 e. The lowest BCUT2D eigenvalue weighted by atomic mass is 9.58. The minimum atomic E-state index is -0.0418. The fraction of sp³-hybridized carbons (Fsp3) is 0.556. The quantitative estimate of drug-likeness (QED) is 0.860. The van der Waals surface area contributed by atoms with Crippen molar-refractivity contribution < 1.29 is 4.74 Å². The Morgan fingerprint density at radius 1 is 1.30 bits per heavy atom. The Labute approximate surface area is 141 Å². The van der Waals surface area contributed by atoms with E-state index >= 15 is 0 Å². The SMILES string of the molecule is COc1cc(C2CC2)cc(C2(c3n[nH]c(=S)n3C)CC(C)C2)c1. The molecule has 0 radical (unpaired) electrons. The lowest BCUT2D eigenvalue weighted by Crippen LogP contribution is -2.43. The van der Waals surface area contributed by atoms with Crippen molar-refractivity contribution in [2.45, 2.75) is 43.9 Å². The monoisotopic (exact) mass is 329 g/mol. The predicted molar refractivity (Wildman–Crippen MR) is 92.5 cm³/mol. The molecule has 0 aliphatic heterocycles. The molecule has 4 rings (SSSR count). The van der Waals surface area contributed by atoms with Crippen LogP contribution >= 0.6 is 12.2 Å². The molecule has 5 heteroatoms. The molecule has 1 aromatic carbocycles. The van der Waals surface area contributed by atoms with E-state index in [2.05, 4.69) is 35.3 Å². The van der Waals surface area contributed by atoms with Crippen molar-refractivity contribution in [3.05, 3.63) is 39.9 Å². The number of aromatic nitrogens is 3. The maximum absolute atomic E-state index is 5.58. The average molecular weight is 329 g/mol. The van der Waals surface area contributed by atoms with Crippen LogP contribution in [0.25, 0.3) is 0 Å². The van der Waals surface area contributed by atoms with Crippen LogP contribution in [-0.4, -0.2) is 21.9 Å². The zero-order valence-corrected chi connectivity index (χ0v) is 14.7.